The lowest BCUT2D eigenvalue weighted by atomic mass is 9.91. The molecule has 16 N–H and O–H groups in total. The van der Waals surface area contributed by atoms with Gasteiger partial charge in [-0.3, -0.25) is 38.4 Å². The lowest BCUT2D eigenvalue weighted by Gasteiger charge is -2.34. The van der Waals surface area contributed by atoms with Gasteiger partial charge in [-0.2, -0.15) is 0 Å². The Hall–Kier alpha value is -5.54. The first kappa shape index (κ1) is 63.0. The number of rotatable bonds is 20. The van der Waals surface area contributed by atoms with Crippen LogP contribution in [0.5, 0.6) is 5.75 Å². The molecule has 0 unspecified atom stereocenters. The number of phenols is 1. The summed E-state index contributed by atoms with van der Waals surface area (Å²) in [7, 11) is 0. The second-order valence-electron chi connectivity index (χ2n) is 21.2. The van der Waals surface area contributed by atoms with Crippen molar-refractivity contribution >= 4 is 47.3 Å². The Balaban J connectivity index is 1.71. The number of hydrogen-bond acceptors (Lipinski definition) is 17. The molecule has 0 spiro atoms. The number of amides is 8. The molecule has 0 aromatic heterocycles. The summed E-state index contributed by atoms with van der Waals surface area (Å²) in [4.78, 5) is 113. The zero-order chi connectivity index (χ0) is 56.7. The highest BCUT2D eigenvalue weighted by Gasteiger charge is 2.50. The van der Waals surface area contributed by atoms with Crippen molar-refractivity contribution < 1.29 is 84.3 Å². The number of primary amides is 1. The maximum atomic E-state index is 14.5. The van der Waals surface area contributed by atoms with E-state index in [2.05, 4.69) is 47.4 Å². The van der Waals surface area contributed by atoms with Crippen LogP contribution in [0.2, 0.25) is 0 Å². The highest BCUT2D eigenvalue weighted by molar-refractivity contribution is 5.98. The number of aromatic hydroxyl groups is 1. The molecule has 3 heterocycles. The molecule has 0 saturated carbocycles. The van der Waals surface area contributed by atoms with Gasteiger partial charge in [-0.25, -0.2) is 0 Å². The molecule has 3 fully saturated rings. The van der Waals surface area contributed by atoms with Crippen LogP contribution in [0.15, 0.2) is 24.3 Å². The summed E-state index contributed by atoms with van der Waals surface area (Å²) in [5.74, 6) is -9.52. The van der Waals surface area contributed by atoms with E-state index in [-0.39, 0.29) is 17.7 Å². The van der Waals surface area contributed by atoms with Gasteiger partial charge in [0, 0.05) is 38.3 Å². The van der Waals surface area contributed by atoms with E-state index in [1.165, 1.54) is 13.3 Å². The lowest BCUT2D eigenvalue weighted by molar-refractivity contribution is -0.149. The molecule has 1 aromatic carbocycles. The minimum absolute atomic E-state index is 0.0813. The fraction of sp³-hybridized carbons (Fsp3) is 0.725. The van der Waals surface area contributed by atoms with E-state index in [1.807, 2.05) is 0 Å². The fourth-order valence-electron chi connectivity index (χ4n) is 10.0. The Morgan fingerprint density at radius 3 is 1.93 bits per heavy atom. The molecule has 3 aliphatic rings. The zero-order valence-corrected chi connectivity index (χ0v) is 44.0. The molecule has 3 saturated heterocycles. The quantitative estimate of drug-likeness (QED) is 0.0575. The van der Waals surface area contributed by atoms with Gasteiger partial charge in [-0.05, 0) is 49.3 Å². The second-order valence-corrected chi connectivity index (χ2v) is 21.2. The van der Waals surface area contributed by atoms with E-state index in [0.717, 1.165) is 74.6 Å². The predicted octanol–water partition coefficient (Wildman–Crippen LogP) is -3.10. The smallest absolute Gasteiger partial charge is 0.248 e. The normalized spacial score (nSPS) is 29.8. The van der Waals surface area contributed by atoms with Crippen LogP contribution < -0.4 is 32.3 Å². The van der Waals surface area contributed by atoms with Crippen LogP contribution in [0, 0.1) is 17.8 Å². The first-order valence-electron chi connectivity index (χ1n) is 26.4. The number of carbonyl (C=O) groups is 8. The average Bonchev–Trinajstić information content (AvgIpc) is 3.90. The van der Waals surface area contributed by atoms with Crippen molar-refractivity contribution in [1.82, 2.24) is 36.4 Å². The van der Waals surface area contributed by atoms with Crippen molar-refractivity contribution in [2.75, 3.05) is 13.1 Å². The maximum Gasteiger partial charge on any atom is 0.248 e. The molecule has 4 rings (SSSR count). The Kier molecular flexibility index (Phi) is 24.3. The van der Waals surface area contributed by atoms with Gasteiger partial charge in [0.2, 0.25) is 47.3 Å². The van der Waals surface area contributed by atoms with Crippen molar-refractivity contribution in [2.45, 2.75) is 203 Å². The molecular weight excluding hydrogens is 997 g/mol. The van der Waals surface area contributed by atoms with E-state index in [1.54, 1.807) is 0 Å². The van der Waals surface area contributed by atoms with Crippen molar-refractivity contribution in [3.8, 4) is 5.75 Å². The number of aliphatic hydroxyl groups is 8. The molecule has 3 aliphatic heterocycles. The Bertz CT molecular complexity index is 2140. The monoisotopic (exact) mass is 1080 g/mol. The number of aliphatic hydroxyl groups excluding tert-OH is 8. The van der Waals surface area contributed by atoms with Gasteiger partial charge in [-0.15, -0.1) is 0 Å². The minimum atomic E-state index is -2.37. The number of phenolic OH excluding ortho intramolecular Hbond substituents is 1. The van der Waals surface area contributed by atoms with Crippen molar-refractivity contribution in [3.05, 3.63) is 29.8 Å². The van der Waals surface area contributed by atoms with Crippen LogP contribution in [-0.2, 0) is 38.4 Å². The summed E-state index contributed by atoms with van der Waals surface area (Å²) in [6.07, 6.45) is -9.95. The van der Waals surface area contributed by atoms with E-state index >= 15 is 0 Å². The molecule has 0 aliphatic carbocycles. The molecule has 25 nitrogen and oxygen atoms in total. The van der Waals surface area contributed by atoms with Gasteiger partial charge in [0.05, 0.1) is 30.8 Å². The largest absolute Gasteiger partial charge is 0.508 e. The van der Waals surface area contributed by atoms with E-state index in [9.17, 15) is 84.3 Å². The molecule has 0 bridgehead atoms. The number of nitrogens with one attached hydrogen (secondary N) is 5. The van der Waals surface area contributed by atoms with E-state index < -0.39 is 171 Å². The van der Waals surface area contributed by atoms with Crippen molar-refractivity contribution in [1.29, 1.82) is 0 Å². The van der Waals surface area contributed by atoms with Crippen LogP contribution in [0.4, 0.5) is 0 Å². The highest BCUT2D eigenvalue weighted by Crippen LogP contribution is 2.28. The van der Waals surface area contributed by atoms with Crippen LogP contribution in [0.1, 0.15) is 130 Å². The van der Waals surface area contributed by atoms with Crippen LogP contribution in [0.3, 0.4) is 0 Å². The summed E-state index contributed by atoms with van der Waals surface area (Å²) in [5.41, 5.74) is 5.23. The van der Waals surface area contributed by atoms with Gasteiger partial charge >= 0.3 is 0 Å². The van der Waals surface area contributed by atoms with Crippen LogP contribution in [0.25, 0.3) is 0 Å². The first-order valence-corrected chi connectivity index (χ1v) is 26.4. The number of unbranched alkanes of at least 4 members (excludes halogenated alkanes) is 5. The van der Waals surface area contributed by atoms with Gasteiger partial charge < -0.3 is 88.1 Å². The van der Waals surface area contributed by atoms with Crippen LogP contribution in [-0.4, -0.2) is 195 Å². The third-order valence-corrected chi connectivity index (χ3v) is 14.7. The summed E-state index contributed by atoms with van der Waals surface area (Å²) in [6, 6.07) is -7.42. The molecule has 428 valence electrons. The van der Waals surface area contributed by atoms with Crippen molar-refractivity contribution in [3.63, 3.8) is 0 Å². The molecule has 76 heavy (non-hydrogen) atoms. The predicted molar refractivity (Wildman–Crippen MR) is 270 cm³/mol. The zero-order valence-electron chi connectivity index (χ0n) is 44.0. The van der Waals surface area contributed by atoms with E-state index in [0.29, 0.717) is 29.6 Å². The van der Waals surface area contributed by atoms with Crippen molar-refractivity contribution in [2.24, 2.45) is 23.5 Å². The standard InChI is InChI=1S/C51H82N8O17/c1-6-25(2)19-26(3)13-11-9-7-8-10-12-14-37(66)53-32-21-35(64)47(72)57-49(74)41-42(67)27(4)23-59(41)51(76)39(34(63)22-36(52)65)55-48(73)40(44(69)43(68)29-15-17-30(61)18-16-29)56-46(71)33-20-31(62)24-58(33)50(75)38(28(5)60)54-45(32)70/h15-18,25-28,31-35,38-44,47,60-64,67-69,72H,6-14,19-24H2,1-5H3,(H2,52,65)(H,53,66)(H,54,70)(H,55,73)(H,56,71)(H,57,74)/t25-,26+,27-,28+,31+,32+,33-,34+,35+,38-,39-,40-,41-,42-,43-,44-,47+/m0/s1. The lowest BCUT2D eigenvalue weighted by Crippen LogP contribution is -2.64. The topological polar surface area (TPSA) is 411 Å². The summed E-state index contributed by atoms with van der Waals surface area (Å²) >= 11 is 0. The number of fused-ring (bicyclic) bond motifs is 2. The SMILES string of the molecule is CC[C@H](C)C[C@H](C)CCCCCCCCC(=O)N[C@@H]1C[C@@H](O)[C@@H](O)NC(=O)[C@@H]2[C@@H](O)[C@@H](C)CN2C(=O)[C@H]([C@H](O)CC(N)=O)NC(=O)[C@H]([C@H](O)[C@@H](O)c2ccc(O)cc2)NC(=O)[C@@H]2C[C@@H](O)CN2C(=O)[C@H]([C@@H](C)O)NC1=O. The Morgan fingerprint density at radius 2 is 1.32 bits per heavy atom. The molecule has 1 aromatic rings. The molecular formula is C51H82N8O17. The number of hydrogen-bond donors (Lipinski definition) is 15. The van der Waals surface area contributed by atoms with E-state index in [4.69, 9.17) is 5.73 Å². The summed E-state index contributed by atoms with van der Waals surface area (Å²) < 4.78 is 0. The van der Waals surface area contributed by atoms with Gasteiger partial charge in [0.25, 0.3) is 0 Å². The van der Waals surface area contributed by atoms with Gasteiger partial charge in [-0.1, -0.05) is 84.8 Å². The van der Waals surface area contributed by atoms with Gasteiger partial charge in [0.1, 0.15) is 60.3 Å². The molecule has 0 radical (unpaired) electrons. The Labute approximate surface area is 442 Å². The third-order valence-electron chi connectivity index (χ3n) is 14.7. The molecule has 25 heteroatoms. The van der Waals surface area contributed by atoms with Crippen LogP contribution >= 0.6 is 0 Å². The fourth-order valence-corrected chi connectivity index (χ4v) is 10.0. The minimum Gasteiger partial charge on any atom is -0.508 e. The molecule has 8 amide bonds. The average molecular weight is 1080 g/mol. The first-order chi connectivity index (χ1) is 35.7. The molecule has 17 atom stereocenters. The number of nitrogens with two attached hydrogens (primary N) is 1. The second kappa shape index (κ2) is 29.3. The Morgan fingerprint density at radius 1 is 0.724 bits per heavy atom. The number of carbonyl (C=O) groups excluding carboxylic acids is 8. The summed E-state index contributed by atoms with van der Waals surface area (Å²) in [6.45, 7) is 8.17. The number of nitrogens with zero attached hydrogens (tertiary/aromatic N) is 2. The number of benzene rings is 1. The van der Waals surface area contributed by atoms with Gasteiger partial charge in [0.15, 0.2) is 6.23 Å². The highest BCUT2D eigenvalue weighted by atomic mass is 16.3. The summed E-state index contributed by atoms with van der Waals surface area (Å²) in [5, 5.41) is 111. The maximum absolute atomic E-state index is 14.5. The third kappa shape index (κ3) is 17.5.